The molecular formula is C23H23N3O2S. The molecule has 6 heteroatoms. The van der Waals surface area contributed by atoms with Crippen LogP contribution in [0.3, 0.4) is 0 Å². The van der Waals surface area contributed by atoms with Gasteiger partial charge in [-0.2, -0.15) is 0 Å². The molecule has 0 amide bonds. The molecular weight excluding hydrogens is 382 g/mol. The van der Waals surface area contributed by atoms with Crippen LogP contribution in [0.15, 0.2) is 48.5 Å². The van der Waals surface area contributed by atoms with Crippen LogP contribution < -0.4 is 4.90 Å². The first-order chi connectivity index (χ1) is 14.0. The van der Waals surface area contributed by atoms with Gasteiger partial charge >= 0.3 is 0 Å². The topological polar surface area (TPSA) is 58.5 Å². The first kappa shape index (κ1) is 18.5. The maximum absolute atomic E-state index is 10.5. The predicted molar refractivity (Wildman–Crippen MR) is 119 cm³/mol. The molecule has 0 atom stereocenters. The van der Waals surface area contributed by atoms with Crippen LogP contribution in [0.2, 0.25) is 0 Å². The third-order valence-electron chi connectivity index (χ3n) is 5.30. The summed E-state index contributed by atoms with van der Waals surface area (Å²) in [5.41, 5.74) is 0.995. The number of nitrogens with zero attached hydrogens (tertiary/aromatic N) is 3. The first-order valence-electron chi connectivity index (χ1n) is 9.86. The van der Waals surface area contributed by atoms with Crippen LogP contribution in [-0.4, -0.2) is 41.4 Å². The molecule has 1 aliphatic heterocycles. The monoisotopic (exact) mass is 405 g/mol. The fraction of sp³-hybridized carbons (Fsp3) is 0.304. The Morgan fingerprint density at radius 1 is 1.03 bits per heavy atom. The molecule has 0 radical (unpaired) electrons. The van der Waals surface area contributed by atoms with E-state index in [1.807, 2.05) is 32.0 Å². The minimum absolute atomic E-state index is 0.693. The van der Waals surface area contributed by atoms with Crippen molar-refractivity contribution < 1.29 is 9.84 Å². The summed E-state index contributed by atoms with van der Waals surface area (Å²) in [5.74, 6) is 1.65. The smallest absolute Gasteiger partial charge is 0.162 e. The van der Waals surface area contributed by atoms with Gasteiger partial charge in [0.25, 0.3) is 0 Å². The second-order valence-electron chi connectivity index (χ2n) is 7.88. The van der Waals surface area contributed by atoms with Crippen molar-refractivity contribution in [1.29, 1.82) is 0 Å². The Labute approximate surface area is 173 Å². The highest BCUT2D eigenvalue weighted by Crippen LogP contribution is 2.39. The standard InChI is InChI=1S/C23H23N3O2S/c1-23(2,27)19-14-18-20(29-19)22(26-10-12-28-13-11-26)25-21(24-18)17-9-5-7-15-6-3-4-8-16(15)17/h3-9,14,27H,10-13H2,1-2H3. The quantitative estimate of drug-likeness (QED) is 0.541. The molecule has 1 fully saturated rings. The summed E-state index contributed by atoms with van der Waals surface area (Å²) in [6, 6.07) is 16.6. The molecule has 1 saturated heterocycles. The van der Waals surface area contributed by atoms with E-state index in [0.717, 1.165) is 50.8 Å². The summed E-state index contributed by atoms with van der Waals surface area (Å²) in [6.07, 6.45) is 0. The Kier molecular flexibility index (Phi) is 4.50. The highest BCUT2D eigenvalue weighted by molar-refractivity contribution is 7.19. The number of anilines is 1. The van der Waals surface area contributed by atoms with E-state index in [9.17, 15) is 5.11 Å². The zero-order chi connectivity index (χ0) is 20.0. The van der Waals surface area contributed by atoms with Crippen LogP contribution in [0.1, 0.15) is 18.7 Å². The van der Waals surface area contributed by atoms with E-state index in [2.05, 4.69) is 35.2 Å². The lowest BCUT2D eigenvalue weighted by molar-refractivity contribution is 0.0826. The van der Waals surface area contributed by atoms with Crippen LogP contribution in [0.4, 0.5) is 5.82 Å². The van der Waals surface area contributed by atoms with Crippen LogP contribution in [0.5, 0.6) is 0 Å². The molecule has 2 aromatic heterocycles. The third kappa shape index (κ3) is 3.37. The number of aliphatic hydroxyl groups is 1. The lowest BCUT2D eigenvalue weighted by Gasteiger charge is -2.28. The van der Waals surface area contributed by atoms with Crippen LogP contribution in [0, 0.1) is 0 Å². The van der Waals surface area contributed by atoms with Crippen molar-refractivity contribution in [3.8, 4) is 11.4 Å². The molecule has 0 saturated carbocycles. The SMILES string of the molecule is CC(C)(O)c1cc2nc(-c3cccc4ccccc34)nc(N3CCOCC3)c2s1. The zero-order valence-electron chi connectivity index (χ0n) is 16.6. The van der Waals surface area contributed by atoms with E-state index in [-0.39, 0.29) is 0 Å². The minimum Gasteiger partial charge on any atom is -0.385 e. The Hall–Kier alpha value is -2.54. The van der Waals surface area contributed by atoms with Crippen LogP contribution in [0.25, 0.3) is 32.4 Å². The predicted octanol–water partition coefficient (Wildman–Crippen LogP) is 4.58. The highest BCUT2D eigenvalue weighted by Gasteiger charge is 2.25. The largest absolute Gasteiger partial charge is 0.385 e. The molecule has 3 heterocycles. The summed E-state index contributed by atoms with van der Waals surface area (Å²) in [7, 11) is 0. The zero-order valence-corrected chi connectivity index (χ0v) is 17.4. The summed E-state index contributed by atoms with van der Waals surface area (Å²) >= 11 is 1.57. The van der Waals surface area contributed by atoms with Gasteiger partial charge in [0.15, 0.2) is 11.6 Å². The summed E-state index contributed by atoms with van der Waals surface area (Å²) in [6.45, 7) is 6.61. The van der Waals surface area contributed by atoms with Gasteiger partial charge < -0.3 is 14.7 Å². The van der Waals surface area contributed by atoms with Gasteiger partial charge in [-0.15, -0.1) is 11.3 Å². The van der Waals surface area contributed by atoms with Crippen molar-refractivity contribution >= 4 is 38.1 Å². The number of hydrogen-bond acceptors (Lipinski definition) is 6. The van der Waals surface area contributed by atoms with Gasteiger partial charge in [0, 0.05) is 23.5 Å². The molecule has 29 heavy (non-hydrogen) atoms. The Morgan fingerprint density at radius 3 is 2.59 bits per heavy atom. The van der Waals surface area contributed by atoms with E-state index < -0.39 is 5.60 Å². The number of rotatable bonds is 3. The molecule has 1 N–H and O–H groups in total. The maximum atomic E-state index is 10.5. The van der Waals surface area contributed by atoms with Crippen molar-refractivity contribution in [2.45, 2.75) is 19.4 Å². The third-order valence-corrected chi connectivity index (χ3v) is 6.73. The van der Waals surface area contributed by atoms with Gasteiger partial charge in [0.2, 0.25) is 0 Å². The lowest BCUT2D eigenvalue weighted by atomic mass is 10.0. The molecule has 4 aromatic rings. The van der Waals surface area contributed by atoms with Crippen molar-refractivity contribution in [3.05, 3.63) is 53.4 Å². The first-order valence-corrected chi connectivity index (χ1v) is 10.7. The average molecular weight is 406 g/mol. The Balaban J connectivity index is 1.75. The van der Waals surface area contributed by atoms with E-state index in [1.165, 1.54) is 5.39 Å². The van der Waals surface area contributed by atoms with Gasteiger partial charge in [-0.1, -0.05) is 42.5 Å². The van der Waals surface area contributed by atoms with Crippen molar-refractivity contribution in [3.63, 3.8) is 0 Å². The number of hydrogen-bond donors (Lipinski definition) is 1. The van der Waals surface area contributed by atoms with Crippen LogP contribution >= 0.6 is 11.3 Å². The van der Waals surface area contributed by atoms with Crippen molar-refractivity contribution in [1.82, 2.24) is 9.97 Å². The lowest BCUT2D eigenvalue weighted by Crippen LogP contribution is -2.36. The Morgan fingerprint density at radius 2 is 1.79 bits per heavy atom. The molecule has 5 rings (SSSR count). The molecule has 0 spiro atoms. The summed E-state index contributed by atoms with van der Waals surface area (Å²) < 4.78 is 6.56. The number of morpholine rings is 1. The number of ether oxygens (including phenoxy) is 1. The van der Waals surface area contributed by atoms with Crippen LogP contribution in [-0.2, 0) is 10.3 Å². The molecule has 0 unspecified atom stereocenters. The molecule has 5 nitrogen and oxygen atoms in total. The van der Waals surface area contributed by atoms with Crippen molar-refractivity contribution in [2.24, 2.45) is 0 Å². The number of fused-ring (bicyclic) bond motifs is 2. The number of thiophene rings is 1. The van der Waals surface area contributed by atoms with Gasteiger partial charge in [-0.3, -0.25) is 0 Å². The molecule has 2 aromatic carbocycles. The Bertz CT molecular complexity index is 1180. The molecule has 0 aliphatic carbocycles. The summed E-state index contributed by atoms with van der Waals surface area (Å²) in [4.78, 5) is 13.1. The normalized spacial score (nSPS) is 15.3. The fourth-order valence-corrected chi connectivity index (χ4v) is 4.86. The molecule has 148 valence electrons. The minimum atomic E-state index is -0.909. The number of benzene rings is 2. The summed E-state index contributed by atoms with van der Waals surface area (Å²) in [5, 5.41) is 12.9. The molecule has 0 bridgehead atoms. The van der Waals surface area contributed by atoms with E-state index in [4.69, 9.17) is 14.7 Å². The molecule has 1 aliphatic rings. The number of aromatic nitrogens is 2. The van der Waals surface area contributed by atoms with Gasteiger partial charge in [0.05, 0.1) is 29.0 Å². The second-order valence-corrected chi connectivity index (χ2v) is 8.93. The van der Waals surface area contributed by atoms with E-state index >= 15 is 0 Å². The maximum Gasteiger partial charge on any atom is 0.162 e. The van der Waals surface area contributed by atoms with E-state index in [0.29, 0.717) is 13.2 Å². The van der Waals surface area contributed by atoms with Gasteiger partial charge in [0.1, 0.15) is 0 Å². The van der Waals surface area contributed by atoms with Gasteiger partial charge in [-0.25, -0.2) is 9.97 Å². The average Bonchev–Trinajstić information content (AvgIpc) is 3.18. The van der Waals surface area contributed by atoms with Gasteiger partial charge in [-0.05, 0) is 30.7 Å². The fourth-order valence-electron chi connectivity index (χ4n) is 3.75. The van der Waals surface area contributed by atoms with Crippen molar-refractivity contribution in [2.75, 3.05) is 31.2 Å². The second kappa shape index (κ2) is 7.06. The van der Waals surface area contributed by atoms with E-state index in [1.54, 1.807) is 11.3 Å². The highest BCUT2D eigenvalue weighted by atomic mass is 32.1.